The second-order valence-corrected chi connectivity index (χ2v) is 10.2. The van der Waals surface area contributed by atoms with Gasteiger partial charge >= 0.3 is 0 Å². The fourth-order valence-corrected chi connectivity index (χ4v) is 5.30. The van der Waals surface area contributed by atoms with Crippen molar-refractivity contribution in [3.63, 3.8) is 0 Å². The van der Waals surface area contributed by atoms with Crippen LogP contribution in [0, 0.1) is 5.92 Å². The summed E-state index contributed by atoms with van der Waals surface area (Å²) in [5, 5.41) is 6.14. The number of rotatable bonds is 9. The third kappa shape index (κ3) is 6.41. The van der Waals surface area contributed by atoms with Gasteiger partial charge in [0.25, 0.3) is 0 Å². The number of sulfonamides is 1. The lowest BCUT2D eigenvalue weighted by molar-refractivity contribution is -0.123. The number of benzene rings is 1. The fraction of sp³-hybridized carbons (Fsp3) is 0.619. The highest BCUT2D eigenvalue weighted by Gasteiger charge is 2.33. The molecule has 2 heterocycles. The van der Waals surface area contributed by atoms with Crippen LogP contribution in [0.15, 0.2) is 29.2 Å². The van der Waals surface area contributed by atoms with E-state index in [0.29, 0.717) is 25.1 Å². The third-order valence-electron chi connectivity index (χ3n) is 5.86. The lowest BCUT2D eigenvalue weighted by atomic mass is 10.0. The Kier molecular flexibility index (Phi) is 7.90. The van der Waals surface area contributed by atoms with Crippen molar-refractivity contribution in [3.8, 4) is 5.75 Å². The monoisotopic (exact) mass is 452 g/mol. The molecule has 31 heavy (non-hydrogen) atoms. The number of piperidine rings is 1. The highest BCUT2D eigenvalue weighted by Crippen LogP contribution is 2.24. The van der Waals surface area contributed by atoms with E-state index in [1.807, 2.05) is 0 Å². The molecule has 1 aromatic rings. The van der Waals surface area contributed by atoms with E-state index in [2.05, 4.69) is 10.6 Å². The van der Waals surface area contributed by atoms with Crippen molar-refractivity contribution in [2.75, 3.05) is 26.2 Å². The first kappa shape index (κ1) is 23.5. The Bertz CT molecular complexity index is 868. The molecule has 9 nitrogen and oxygen atoms in total. The lowest BCUT2D eigenvalue weighted by Crippen LogP contribution is -2.38. The summed E-state index contributed by atoms with van der Waals surface area (Å²) in [4.78, 5) is 23.4. The Labute approximate surface area is 183 Å². The molecule has 2 atom stereocenters. The van der Waals surface area contributed by atoms with Crippen LogP contribution in [-0.4, -0.2) is 62.9 Å². The predicted molar refractivity (Wildman–Crippen MR) is 116 cm³/mol. The van der Waals surface area contributed by atoms with Crippen LogP contribution in [0.3, 0.4) is 0 Å². The first-order chi connectivity index (χ1) is 14.8. The van der Waals surface area contributed by atoms with Crippen LogP contribution >= 0.6 is 0 Å². The van der Waals surface area contributed by atoms with E-state index < -0.39 is 15.9 Å². The quantitative estimate of drug-likeness (QED) is 0.503. The highest BCUT2D eigenvalue weighted by molar-refractivity contribution is 7.89. The topological polar surface area (TPSA) is 131 Å². The normalized spacial score (nSPS) is 21.5. The minimum Gasteiger partial charge on any atom is -0.490 e. The van der Waals surface area contributed by atoms with Gasteiger partial charge in [-0.15, -0.1) is 0 Å². The van der Waals surface area contributed by atoms with Crippen molar-refractivity contribution in [2.45, 2.75) is 56.1 Å². The number of ether oxygens (including phenoxy) is 1. The van der Waals surface area contributed by atoms with Crippen LogP contribution in [0.1, 0.15) is 39.0 Å². The molecule has 0 radical (unpaired) electrons. The van der Waals surface area contributed by atoms with Crippen molar-refractivity contribution in [3.05, 3.63) is 24.3 Å². The standard InChI is InChI=1S/C21H32N4O5S/c1-15(21(22)27)2-7-20(26)24-16-10-13-25(14-16)31(28,29)19-5-3-17(4-6-19)30-18-8-11-23-12-9-18/h3-6,15-16,18,23H,2,7-14H2,1H3,(H2,22,27)(H,24,26)/t15-,16+/m0/s1. The van der Waals surface area contributed by atoms with Crippen LogP contribution in [0.5, 0.6) is 5.75 Å². The van der Waals surface area contributed by atoms with Crippen molar-refractivity contribution >= 4 is 21.8 Å². The summed E-state index contributed by atoms with van der Waals surface area (Å²) in [7, 11) is -3.64. The Morgan fingerprint density at radius 1 is 1.23 bits per heavy atom. The molecular formula is C21H32N4O5S. The van der Waals surface area contributed by atoms with Crippen molar-refractivity contribution < 1.29 is 22.7 Å². The van der Waals surface area contributed by atoms with E-state index in [9.17, 15) is 18.0 Å². The van der Waals surface area contributed by atoms with Crippen LogP contribution in [0.25, 0.3) is 0 Å². The number of amides is 2. The lowest BCUT2D eigenvalue weighted by Gasteiger charge is -2.24. The fourth-order valence-electron chi connectivity index (χ4n) is 3.80. The van der Waals surface area contributed by atoms with E-state index >= 15 is 0 Å². The molecule has 0 aromatic heterocycles. The van der Waals surface area contributed by atoms with E-state index in [1.54, 1.807) is 31.2 Å². The molecule has 2 fully saturated rings. The zero-order chi connectivity index (χ0) is 22.4. The van der Waals surface area contributed by atoms with Gasteiger partial charge in [-0.2, -0.15) is 4.31 Å². The van der Waals surface area contributed by atoms with E-state index in [-0.39, 0.29) is 41.8 Å². The SMILES string of the molecule is C[C@@H](CCC(=O)N[C@@H]1CCN(S(=O)(=O)c2ccc(OC3CCNCC3)cc2)C1)C(N)=O. The third-order valence-corrected chi connectivity index (χ3v) is 7.74. The highest BCUT2D eigenvalue weighted by atomic mass is 32.2. The molecule has 0 unspecified atom stereocenters. The number of nitrogens with zero attached hydrogens (tertiary/aromatic N) is 1. The van der Waals surface area contributed by atoms with Crippen molar-refractivity contribution in [1.29, 1.82) is 0 Å². The Morgan fingerprint density at radius 3 is 2.55 bits per heavy atom. The van der Waals surface area contributed by atoms with E-state index in [0.717, 1.165) is 25.9 Å². The number of hydrogen-bond donors (Lipinski definition) is 3. The predicted octanol–water partition coefficient (Wildman–Crippen LogP) is 0.598. The molecule has 10 heteroatoms. The molecular weight excluding hydrogens is 420 g/mol. The van der Waals surface area contributed by atoms with Gasteiger partial charge in [-0.3, -0.25) is 9.59 Å². The Hall–Kier alpha value is -2.17. The minimum absolute atomic E-state index is 0.151. The van der Waals surface area contributed by atoms with Crippen LogP contribution in [-0.2, 0) is 19.6 Å². The molecule has 3 rings (SSSR count). The maximum Gasteiger partial charge on any atom is 0.243 e. The van der Waals surface area contributed by atoms with Gasteiger partial charge < -0.3 is 21.1 Å². The van der Waals surface area contributed by atoms with E-state index in [1.165, 1.54) is 4.31 Å². The Morgan fingerprint density at radius 2 is 1.90 bits per heavy atom. The second-order valence-electron chi connectivity index (χ2n) is 8.30. The summed E-state index contributed by atoms with van der Waals surface area (Å²) in [6.07, 6.45) is 3.13. The number of nitrogens with one attached hydrogen (secondary N) is 2. The van der Waals surface area contributed by atoms with Crippen LogP contribution in [0.2, 0.25) is 0 Å². The number of nitrogens with two attached hydrogens (primary N) is 1. The first-order valence-electron chi connectivity index (χ1n) is 10.8. The molecule has 0 aliphatic carbocycles. The molecule has 2 aliphatic rings. The summed E-state index contributed by atoms with van der Waals surface area (Å²) in [6, 6.07) is 6.30. The van der Waals surface area contributed by atoms with Gasteiger partial charge in [-0.1, -0.05) is 6.92 Å². The zero-order valence-electron chi connectivity index (χ0n) is 17.9. The second kappa shape index (κ2) is 10.4. The molecule has 0 saturated carbocycles. The molecule has 1 aromatic carbocycles. The maximum atomic E-state index is 13.0. The molecule has 4 N–H and O–H groups in total. The molecule has 2 aliphatic heterocycles. The Balaban J connectivity index is 1.51. The average molecular weight is 453 g/mol. The molecule has 0 bridgehead atoms. The van der Waals surface area contributed by atoms with Gasteiger partial charge in [0.05, 0.1) is 4.90 Å². The average Bonchev–Trinajstić information content (AvgIpc) is 3.22. The molecule has 172 valence electrons. The van der Waals surface area contributed by atoms with Gasteiger partial charge in [0.2, 0.25) is 21.8 Å². The number of primary amides is 1. The van der Waals surface area contributed by atoms with Gasteiger partial charge in [-0.25, -0.2) is 8.42 Å². The number of carbonyl (C=O) groups is 2. The zero-order valence-corrected chi connectivity index (χ0v) is 18.7. The summed E-state index contributed by atoms with van der Waals surface area (Å²) in [6.45, 7) is 4.11. The molecule has 2 amide bonds. The van der Waals surface area contributed by atoms with Crippen molar-refractivity contribution in [1.82, 2.24) is 14.9 Å². The van der Waals surface area contributed by atoms with Crippen molar-refractivity contribution in [2.24, 2.45) is 11.7 Å². The van der Waals surface area contributed by atoms with E-state index in [4.69, 9.17) is 10.5 Å². The van der Waals surface area contributed by atoms with Gasteiger partial charge in [0.15, 0.2) is 0 Å². The number of carbonyl (C=O) groups excluding carboxylic acids is 2. The summed E-state index contributed by atoms with van der Waals surface area (Å²) >= 11 is 0. The molecule has 2 saturated heterocycles. The summed E-state index contributed by atoms with van der Waals surface area (Å²) < 4.78 is 33.3. The first-order valence-corrected chi connectivity index (χ1v) is 12.3. The van der Waals surface area contributed by atoms with Gasteiger partial charge in [0, 0.05) is 31.5 Å². The smallest absolute Gasteiger partial charge is 0.243 e. The maximum absolute atomic E-state index is 13.0. The summed E-state index contributed by atoms with van der Waals surface area (Å²) in [5.74, 6) is -0.328. The largest absolute Gasteiger partial charge is 0.490 e. The molecule has 0 spiro atoms. The van der Waals surface area contributed by atoms with Gasteiger partial charge in [0.1, 0.15) is 11.9 Å². The van der Waals surface area contributed by atoms with Crippen LogP contribution < -0.4 is 21.1 Å². The van der Waals surface area contributed by atoms with Crippen LogP contribution in [0.4, 0.5) is 0 Å². The number of hydrogen-bond acceptors (Lipinski definition) is 6. The minimum atomic E-state index is -3.64. The summed E-state index contributed by atoms with van der Waals surface area (Å²) in [5.41, 5.74) is 5.21. The van der Waals surface area contributed by atoms with Gasteiger partial charge in [-0.05, 0) is 63.0 Å².